The SMILES string of the molecule is CN(Cc1ccccc1Cl)C(=O)Nc1cccc(OCC2CCCO2)c1. The molecule has 0 bridgehead atoms. The number of carbonyl (C=O) groups excluding carboxylic acids is 1. The zero-order valence-corrected chi connectivity index (χ0v) is 15.5. The van der Waals surface area contributed by atoms with Crippen molar-refractivity contribution in [1.82, 2.24) is 4.90 Å². The first-order chi connectivity index (χ1) is 12.6. The molecule has 3 rings (SSSR count). The molecule has 1 fully saturated rings. The molecule has 1 unspecified atom stereocenters. The zero-order valence-electron chi connectivity index (χ0n) is 14.8. The van der Waals surface area contributed by atoms with E-state index >= 15 is 0 Å². The molecule has 0 saturated carbocycles. The predicted molar refractivity (Wildman–Crippen MR) is 103 cm³/mol. The van der Waals surface area contributed by atoms with Gasteiger partial charge in [-0.25, -0.2) is 4.79 Å². The van der Waals surface area contributed by atoms with Crippen LogP contribution in [0.15, 0.2) is 48.5 Å². The largest absolute Gasteiger partial charge is 0.491 e. The first kappa shape index (κ1) is 18.5. The summed E-state index contributed by atoms with van der Waals surface area (Å²) in [5, 5.41) is 3.53. The van der Waals surface area contributed by atoms with Gasteiger partial charge in [-0.3, -0.25) is 0 Å². The lowest BCUT2D eigenvalue weighted by molar-refractivity contribution is 0.0680. The fraction of sp³-hybridized carbons (Fsp3) is 0.350. The molecule has 0 radical (unpaired) electrons. The van der Waals surface area contributed by atoms with Crippen molar-refractivity contribution >= 4 is 23.3 Å². The third kappa shape index (κ3) is 5.13. The van der Waals surface area contributed by atoms with Crippen molar-refractivity contribution in [3.63, 3.8) is 0 Å². The van der Waals surface area contributed by atoms with Crippen molar-refractivity contribution in [3.05, 3.63) is 59.1 Å². The summed E-state index contributed by atoms with van der Waals surface area (Å²) in [7, 11) is 1.73. The van der Waals surface area contributed by atoms with E-state index in [0.29, 0.717) is 29.6 Å². The fourth-order valence-corrected chi connectivity index (χ4v) is 3.00. The monoisotopic (exact) mass is 374 g/mol. The summed E-state index contributed by atoms with van der Waals surface area (Å²) in [5.41, 5.74) is 1.59. The van der Waals surface area contributed by atoms with E-state index in [1.807, 2.05) is 48.5 Å². The highest BCUT2D eigenvalue weighted by atomic mass is 35.5. The highest BCUT2D eigenvalue weighted by molar-refractivity contribution is 6.31. The van der Waals surface area contributed by atoms with E-state index < -0.39 is 0 Å². The maximum Gasteiger partial charge on any atom is 0.321 e. The van der Waals surface area contributed by atoms with Crippen molar-refractivity contribution in [3.8, 4) is 5.75 Å². The van der Waals surface area contributed by atoms with Gasteiger partial charge in [-0.2, -0.15) is 0 Å². The molecule has 6 heteroatoms. The average Bonchev–Trinajstić information content (AvgIpc) is 3.16. The zero-order chi connectivity index (χ0) is 18.4. The Morgan fingerprint density at radius 2 is 2.15 bits per heavy atom. The Labute approximate surface area is 158 Å². The quantitative estimate of drug-likeness (QED) is 0.806. The number of hydrogen-bond donors (Lipinski definition) is 1. The molecule has 2 aromatic rings. The number of benzene rings is 2. The van der Waals surface area contributed by atoms with E-state index in [9.17, 15) is 4.79 Å². The average molecular weight is 375 g/mol. The molecule has 5 nitrogen and oxygen atoms in total. The molecule has 1 aliphatic heterocycles. The Bertz CT molecular complexity index is 747. The number of halogens is 1. The maximum atomic E-state index is 12.4. The smallest absolute Gasteiger partial charge is 0.321 e. The Hall–Kier alpha value is -2.24. The number of ether oxygens (including phenoxy) is 2. The number of nitrogens with one attached hydrogen (secondary N) is 1. The molecular formula is C20H23ClN2O3. The summed E-state index contributed by atoms with van der Waals surface area (Å²) in [5.74, 6) is 0.715. The van der Waals surface area contributed by atoms with Gasteiger partial charge < -0.3 is 19.7 Å². The fourth-order valence-electron chi connectivity index (χ4n) is 2.80. The summed E-state index contributed by atoms with van der Waals surface area (Å²) in [6.45, 7) is 1.77. The Morgan fingerprint density at radius 1 is 1.31 bits per heavy atom. The maximum absolute atomic E-state index is 12.4. The van der Waals surface area contributed by atoms with E-state index in [4.69, 9.17) is 21.1 Å². The van der Waals surface area contributed by atoms with Crippen LogP contribution in [0.25, 0.3) is 0 Å². The molecule has 2 aromatic carbocycles. The number of rotatable bonds is 6. The Kier molecular flexibility index (Phi) is 6.36. The number of carbonyl (C=O) groups is 1. The third-order valence-corrected chi connectivity index (χ3v) is 4.63. The predicted octanol–water partition coefficient (Wildman–Crippen LogP) is 4.56. The second-order valence-electron chi connectivity index (χ2n) is 6.35. The van der Waals surface area contributed by atoms with Crippen LogP contribution in [0.4, 0.5) is 10.5 Å². The van der Waals surface area contributed by atoms with E-state index in [1.165, 1.54) is 0 Å². The number of hydrogen-bond acceptors (Lipinski definition) is 3. The van der Waals surface area contributed by atoms with Crippen molar-refractivity contribution in [2.45, 2.75) is 25.5 Å². The van der Waals surface area contributed by atoms with Crippen LogP contribution >= 0.6 is 11.6 Å². The summed E-state index contributed by atoms with van der Waals surface area (Å²) in [6.07, 6.45) is 2.28. The van der Waals surface area contributed by atoms with Crippen LogP contribution in [-0.2, 0) is 11.3 Å². The summed E-state index contributed by atoms with van der Waals surface area (Å²) >= 11 is 6.16. The van der Waals surface area contributed by atoms with Crippen LogP contribution in [0.1, 0.15) is 18.4 Å². The highest BCUT2D eigenvalue weighted by Crippen LogP contribution is 2.21. The van der Waals surface area contributed by atoms with E-state index in [0.717, 1.165) is 25.0 Å². The first-order valence-electron chi connectivity index (χ1n) is 8.72. The van der Waals surface area contributed by atoms with Gasteiger partial charge in [-0.05, 0) is 36.6 Å². The van der Waals surface area contributed by atoms with Crippen LogP contribution in [0.5, 0.6) is 5.75 Å². The van der Waals surface area contributed by atoms with E-state index in [2.05, 4.69) is 5.32 Å². The van der Waals surface area contributed by atoms with Gasteiger partial charge in [-0.1, -0.05) is 35.9 Å². The van der Waals surface area contributed by atoms with Crippen LogP contribution < -0.4 is 10.1 Å². The van der Waals surface area contributed by atoms with Gasteiger partial charge >= 0.3 is 6.03 Å². The van der Waals surface area contributed by atoms with Gasteiger partial charge in [0.25, 0.3) is 0 Å². The minimum atomic E-state index is -0.207. The van der Waals surface area contributed by atoms with E-state index in [-0.39, 0.29) is 12.1 Å². The van der Waals surface area contributed by atoms with E-state index in [1.54, 1.807) is 11.9 Å². The number of amides is 2. The lowest BCUT2D eigenvalue weighted by atomic mass is 10.2. The number of anilines is 1. The van der Waals surface area contributed by atoms with Gasteiger partial charge in [0.05, 0.1) is 6.10 Å². The van der Waals surface area contributed by atoms with Crippen LogP contribution in [-0.4, -0.2) is 37.3 Å². The Morgan fingerprint density at radius 3 is 2.92 bits per heavy atom. The summed E-state index contributed by atoms with van der Waals surface area (Å²) in [4.78, 5) is 14.0. The lowest BCUT2D eigenvalue weighted by Crippen LogP contribution is -2.30. The van der Waals surface area contributed by atoms with Crippen molar-refractivity contribution in [2.75, 3.05) is 25.6 Å². The second-order valence-corrected chi connectivity index (χ2v) is 6.76. The molecule has 1 heterocycles. The first-order valence-corrected chi connectivity index (χ1v) is 9.09. The van der Waals surface area contributed by atoms with Crippen LogP contribution in [0.3, 0.4) is 0 Å². The topological polar surface area (TPSA) is 50.8 Å². The van der Waals surface area contributed by atoms with Crippen LogP contribution in [0.2, 0.25) is 5.02 Å². The minimum Gasteiger partial charge on any atom is -0.491 e. The van der Waals surface area contributed by atoms with Crippen molar-refractivity contribution in [1.29, 1.82) is 0 Å². The van der Waals surface area contributed by atoms with Gasteiger partial charge in [-0.15, -0.1) is 0 Å². The molecule has 26 heavy (non-hydrogen) atoms. The van der Waals surface area contributed by atoms with Gasteiger partial charge in [0.1, 0.15) is 12.4 Å². The molecule has 1 aliphatic rings. The molecule has 2 amide bonds. The number of urea groups is 1. The van der Waals surface area contributed by atoms with Gasteiger partial charge in [0.2, 0.25) is 0 Å². The molecule has 0 aromatic heterocycles. The van der Waals surface area contributed by atoms with Crippen molar-refractivity contribution < 1.29 is 14.3 Å². The normalized spacial score (nSPS) is 16.3. The number of nitrogens with zero attached hydrogens (tertiary/aromatic N) is 1. The summed E-state index contributed by atoms with van der Waals surface area (Å²) in [6, 6.07) is 14.7. The molecule has 1 atom stereocenters. The van der Waals surface area contributed by atoms with Crippen LogP contribution in [0, 0.1) is 0 Å². The van der Waals surface area contributed by atoms with Gasteiger partial charge in [0, 0.05) is 37.0 Å². The molecule has 0 spiro atoms. The minimum absolute atomic E-state index is 0.162. The molecular weight excluding hydrogens is 352 g/mol. The molecule has 1 N–H and O–H groups in total. The second kappa shape index (κ2) is 8.92. The molecule has 0 aliphatic carbocycles. The summed E-state index contributed by atoms with van der Waals surface area (Å²) < 4.78 is 11.3. The third-order valence-electron chi connectivity index (χ3n) is 4.26. The molecule has 1 saturated heterocycles. The molecule has 138 valence electrons. The Balaban J connectivity index is 1.54. The lowest BCUT2D eigenvalue weighted by Gasteiger charge is -2.19. The van der Waals surface area contributed by atoms with Crippen molar-refractivity contribution in [2.24, 2.45) is 0 Å². The highest BCUT2D eigenvalue weighted by Gasteiger charge is 2.16. The van der Waals surface area contributed by atoms with Gasteiger partial charge in [0.15, 0.2) is 0 Å². The standard InChI is InChI=1S/C20H23ClN2O3/c1-23(13-15-6-2-3-10-19(15)21)20(24)22-16-7-4-8-17(12-16)26-14-18-9-5-11-25-18/h2-4,6-8,10,12,18H,5,9,11,13-14H2,1H3,(H,22,24).